The summed E-state index contributed by atoms with van der Waals surface area (Å²) >= 11 is 0. The number of nitrogens with zero attached hydrogens (tertiary/aromatic N) is 1. The normalized spacial score (nSPS) is 12.7. The number of benzene rings is 1. The van der Waals surface area contributed by atoms with Crippen molar-refractivity contribution in [2.75, 3.05) is 13.1 Å². The van der Waals surface area contributed by atoms with Crippen molar-refractivity contribution in [1.29, 1.82) is 5.41 Å². The standard InChI is InChI=1S/C13H20FN3/c1-3-17(8-10(2)13(15)16)9-11-6-4-5-7-12(11)14/h4-7,10H,3,8-9H2,1-2H3,(H3,15,16). The fourth-order valence-corrected chi connectivity index (χ4v) is 1.66. The van der Waals surface area contributed by atoms with Gasteiger partial charge in [0.2, 0.25) is 0 Å². The molecule has 0 radical (unpaired) electrons. The molecule has 1 unspecified atom stereocenters. The zero-order valence-corrected chi connectivity index (χ0v) is 10.4. The van der Waals surface area contributed by atoms with Crippen molar-refractivity contribution in [3.63, 3.8) is 0 Å². The highest BCUT2D eigenvalue weighted by Gasteiger charge is 2.12. The molecule has 94 valence electrons. The van der Waals surface area contributed by atoms with Crippen molar-refractivity contribution in [1.82, 2.24) is 4.90 Å². The lowest BCUT2D eigenvalue weighted by molar-refractivity contribution is 0.259. The van der Waals surface area contributed by atoms with Gasteiger partial charge in [-0.3, -0.25) is 10.3 Å². The number of amidine groups is 1. The molecule has 0 amide bonds. The van der Waals surface area contributed by atoms with Crippen molar-refractivity contribution >= 4 is 5.84 Å². The topological polar surface area (TPSA) is 53.1 Å². The second kappa shape index (κ2) is 6.35. The Bertz CT molecular complexity index is 379. The fourth-order valence-electron chi connectivity index (χ4n) is 1.66. The Morgan fingerprint density at radius 1 is 1.47 bits per heavy atom. The largest absolute Gasteiger partial charge is 0.387 e. The number of hydrogen-bond donors (Lipinski definition) is 2. The minimum atomic E-state index is -0.179. The van der Waals surface area contributed by atoms with Gasteiger partial charge < -0.3 is 5.73 Å². The second-order valence-corrected chi connectivity index (χ2v) is 4.28. The summed E-state index contributed by atoms with van der Waals surface area (Å²) in [5.74, 6) is 0.000125. The maximum atomic E-state index is 13.5. The van der Waals surface area contributed by atoms with Crippen LogP contribution in [-0.2, 0) is 6.54 Å². The maximum absolute atomic E-state index is 13.5. The average molecular weight is 237 g/mol. The lowest BCUT2D eigenvalue weighted by Gasteiger charge is -2.23. The number of rotatable bonds is 6. The third-order valence-electron chi connectivity index (χ3n) is 2.86. The molecule has 1 atom stereocenters. The molecule has 4 heteroatoms. The highest BCUT2D eigenvalue weighted by Crippen LogP contribution is 2.11. The van der Waals surface area contributed by atoms with E-state index in [9.17, 15) is 4.39 Å². The van der Waals surface area contributed by atoms with Crippen LogP contribution in [0.4, 0.5) is 4.39 Å². The lowest BCUT2D eigenvalue weighted by atomic mass is 10.1. The molecule has 1 aromatic carbocycles. The van der Waals surface area contributed by atoms with E-state index in [1.54, 1.807) is 12.1 Å². The minimum absolute atomic E-state index is 0.00160. The summed E-state index contributed by atoms with van der Waals surface area (Å²) in [4.78, 5) is 2.09. The molecule has 0 aromatic heterocycles. The van der Waals surface area contributed by atoms with E-state index in [1.807, 2.05) is 19.9 Å². The summed E-state index contributed by atoms with van der Waals surface area (Å²) in [5, 5.41) is 7.37. The van der Waals surface area contributed by atoms with Crippen LogP contribution in [0.3, 0.4) is 0 Å². The lowest BCUT2D eigenvalue weighted by Crippen LogP contribution is -2.34. The molecule has 3 nitrogen and oxygen atoms in total. The molecule has 0 aliphatic rings. The van der Waals surface area contributed by atoms with Gasteiger partial charge in [-0.15, -0.1) is 0 Å². The molecule has 0 spiro atoms. The molecule has 3 N–H and O–H groups in total. The van der Waals surface area contributed by atoms with E-state index in [2.05, 4.69) is 4.90 Å². The Morgan fingerprint density at radius 2 is 2.12 bits per heavy atom. The van der Waals surface area contributed by atoms with Crippen molar-refractivity contribution < 1.29 is 4.39 Å². The second-order valence-electron chi connectivity index (χ2n) is 4.28. The van der Waals surface area contributed by atoms with Crippen LogP contribution < -0.4 is 5.73 Å². The Balaban J connectivity index is 2.64. The third-order valence-corrected chi connectivity index (χ3v) is 2.86. The highest BCUT2D eigenvalue weighted by atomic mass is 19.1. The minimum Gasteiger partial charge on any atom is -0.387 e. The van der Waals surface area contributed by atoms with Gasteiger partial charge in [-0.05, 0) is 12.6 Å². The number of nitrogens with one attached hydrogen (secondary N) is 1. The van der Waals surface area contributed by atoms with E-state index in [0.29, 0.717) is 18.7 Å². The van der Waals surface area contributed by atoms with Gasteiger partial charge in [-0.1, -0.05) is 32.0 Å². The Morgan fingerprint density at radius 3 is 2.65 bits per heavy atom. The van der Waals surface area contributed by atoms with Gasteiger partial charge >= 0.3 is 0 Å². The van der Waals surface area contributed by atoms with E-state index in [0.717, 1.165) is 6.54 Å². The first kappa shape index (κ1) is 13.6. The van der Waals surface area contributed by atoms with Crippen LogP contribution in [0.5, 0.6) is 0 Å². The predicted octanol–water partition coefficient (Wildman–Crippen LogP) is 2.22. The van der Waals surface area contributed by atoms with Gasteiger partial charge in [0.1, 0.15) is 5.82 Å². The Hall–Kier alpha value is -1.42. The highest BCUT2D eigenvalue weighted by molar-refractivity contribution is 5.79. The van der Waals surface area contributed by atoms with Gasteiger partial charge in [-0.25, -0.2) is 4.39 Å². The van der Waals surface area contributed by atoms with E-state index >= 15 is 0 Å². The van der Waals surface area contributed by atoms with Crippen LogP contribution >= 0.6 is 0 Å². The molecular formula is C13H20FN3. The molecule has 17 heavy (non-hydrogen) atoms. The van der Waals surface area contributed by atoms with Crippen LogP contribution in [0.25, 0.3) is 0 Å². The van der Waals surface area contributed by atoms with Gasteiger partial charge in [0.05, 0.1) is 5.84 Å². The molecule has 1 rings (SSSR count). The molecule has 0 bridgehead atoms. The van der Waals surface area contributed by atoms with E-state index in [1.165, 1.54) is 6.07 Å². The maximum Gasteiger partial charge on any atom is 0.127 e. The monoisotopic (exact) mass is 237 g/mol. The zero-order valence-electron chi connectivity index (χ0n) is 10.4. The smallest absolute Gasteiger partial charge is 0.127 e. The van der Waals surface area contributed by atoms with Crippen LogP contribution in [0.2, 0.25) is 0 Å². The van der Waals surface area contributed by atoms with Gasteiger partial charge in [0, 0.05) is 24.6 Å². The summed E-state index contributed by atoms with van der Waals surface area (Å²) in [5.41, 5.74) is 6.13. The molecule has 0 fully saturated rings. The van der Waals surface area contributed by atoms with Crippen LogP contribution in [-0.4, -0.2) is 23.8 Å². The van der Waals surface area contributed by atoms with Crippen LogP contribution in [0, 0.1) is 17.1 Å². The Kier molecular flexibility index (Phi) is 5.10. The predicted molar refractivity (Wildman–Crippen MR) is 68.4 cm³/mol. The summed E-state index contributed by atoms with van der Waals surface area (Å²) < 4.78 is 13.5. The van der Waals surface area contributed by atoms with Crippen LogP contribution in [0.15, 0.2) is 24.3 Å². The van der Waals surface area contributed by atoms with Crippen LogP contribution in [0.1, 0.15) is 19.4 Å². The molecule has 0 heterocycles. The number of nitrogens with two attached hydrogens (primary N) is 1. The van der Waals surface area contributed by atoms with E-state index in [4.69, 9.17) is 11.1 Å². The molecule has 1 aromatic rings. The third kappa shape index (κ3) is 4.15. The quantitative estimate of drug-likeness (QED) is 0.589. The Labute approximate surface area is 102 Å². The fraction of sp³-hybridized carbons (Fsp3) is 0.462. The number of hydrogen-bond acceptors (Lipinski definition) is 2. The average Bonchev–Trinajstić information content (AvgIpc) is 2.30. The van der Waals surface area contributed by atoms with Gasteiger partial charge in [-0.2, -0.15) is 0 Å². The summed E-state index contributed by atoms with van der Waals surface area (Å²) in [7, 11) is 0. The van der Waals surface area contributed by atoms with Gasteiger partial charge in [0.25, 0.3) is 0 Å². The molecule has 0 aliphatic carbocycles. The van der Waals surface area contributed by atoms with E-state index < -0.39 is 0 Å². The summed E-state index contributed by atoms with van der Waals surface area (Å²) in [6.07, 6.45) is 0. The first-order chi connectivity index (χ1) is 8.04. The van der Waals surface area contributed by atoms with Crippen molar-refractivity contribution in [2.24, 2.45) is 11.7 Å². The van der Waals surface area contributed by atoms with Crippen molar-refractivity contribution in [2.45, 2.75) is 20.4 Å². The molecule has 0 aliphatic heterocycles. The van der Waals surface area contributed by atoms with E-state index in [-0.39, 0.29) is 17.6 Å². The first-order valence-electron chi connectivity index (χ1n) is 5.84. The van der Waals surface area contributed by atoms with Gasteiger partial charge in [0.15, 0.2) is 0 Å². The molecular weight excluding hydrogens is 217 g/mol. The van der Waals surface area contributed by atoms with Crippen molar-refractivity contribution in [3.8, 4) is 0 Å². The number of halogens is 1. The SMILES string of the molecule is CCN(Cc1ccccc1F)CC(C)C(=N)N. The summed E-state index contributed by atoms with van der Waals surface area (Å²) in [6, 6.07) is 6.78. The summed E-state index contributed by atoms with van der Waals surface area (Å²) in [6.45, 7) is 5.98. The first-order valence-corrected chi connectivity index (χ1v) is 5.84. The van der Waals surface area contributed by atoms with Crippen molar-refractivity contribution in [3.05, 3.63) is 35.6 Å². The zero-order chi connectivity index (χ0) is 12.8. The molecule has 0 saturated heterocycles. The molecule has 0 saturated carbocycles.